The van der Waals surface area contributed by atoms with Gasteiger partial charge in [0.05, 0.1) is 5.69 Å². The molecular weight excluding hydrogens is 281 g/mol. The number of ether oxygens (including phenoxy) is 1. The Hall–Kier alpha value is -2.36. The van der Waals surface area contributed by atoms with Crippen molar-refractivity contribution in [3.8, 4) is 5.75 Å². The van der Waals surface area contributed by atoms with Crippen molar-refractivity contribution in [2.45, 2.75) is 33.8 Å². The Labute approximate surface area is 130 Å². The number of hydrogen-bond acceptors (Lipinski definition) is 2. The fourth-order valence-corrected chi connectivity index (χ4v) is 2.16. The summed E-state index contributed by atoms with van der Waals surface area (Å²) in [5.74, 6) is -0.178. The Bertz CT molecular complexity index is 697. The first kappa shape index (κ1) is 16.0. The van der Waals surface area contributed by atoms with Gasteiger partial charge in [0.25, 0.3) is 5.91 Å². The standard InChI is InChI=1S/C18H20FNO2/c1-11-9-12(2)13(3)17(10-11)22-14(4)18(21)20-16-8-6-5-7-15(16)19/h5-10,14H,1-4H3,(H,20,21)/t14-/m1/s1. The van der Waals surface area contributed by atoms with Crippen molar-refractivity contribution < 1.29 is 13.9 Å². The van der Waals surface area contributed by atoms with Crippen molar-refractivity contribution in [1.82, 2.24) is 0 Å². The molecule has 2 aromatic rings. The molecule has 0 aliphatic heterocycles. The molecule has 4 heteroatoms. The minimum Gasteiger partial charge on any atom is -0.481 e. The summed E-state index contributed by atoms with van der Waals surface area (Å²) in [7, 11) is 0. The molecule has 0 spiro atoms. The first-order valence-electron chi connectivity index (χ1n) is 7.18. The van der Waals surface area contributed by atoms with Gasteiger partial charge in [-0.25, -0.2) is 4.39 Å². The van der Waals surface area contributed by atoms with Crippen LogP contribution in [-0.2, 0) is 4.79 Å². The van der Waals surface area contributed by atoms with Crippen LogP contribution >= 0.6 is 0 Å². The minimum absolute atomic E-state index is 0.153. The van der Waals surface area contributed by atoms with E-state index in [1.807, 2.05) is 26.8 Å². The third kappa shape index (κ3) is 3.64. The molecule has 3 nitrogen and oxygen atoms in total. The van der Waals surface area contributed by atoms with E-state index in [1.165, 1.54) is 12.1 Å². The van der Waals surface area contributed by atoms with E-state index >= 15 is 0 Å². The average molecular weight is 301 g/mol. The number of rotatable bonds is 4. The zero-order chi connectivity index (χ0) is 16.3. The van der Waals surface area contributed by atoms with Crippen LogP contribution in [0.25, 0.3) is 0 Å². The van der Waals surface area contributed by atoms with Crippen molar-refractivity contribution in [3.63, 3.8) is 0 Å². The molecule has 2 rings (SSSR count). The predicted molar refractivity (Wildman–Crippen MR) is 85.8 cm³/mol. The summed E-state index contributed by atoms with van der Waals surface area (Å²) in [6.45, 7) is 7.57. The lowest BCUT2D eigenvalue weighted by molar-refractivity contribution is -0.122. The van der Waals surface area contributed by atoms with Crippen LogP contribution in [0.1, 0.15) is 23.6 Å². The molecule has 2 aromatic carbocycles. The van der Waals surface area contributed by atoms with E-state index in [1.54, 1.807) is 19.1 Å². The number of benzene rings is 2. The smallest absolute Gasteiger partial charge is 0.265 e. The molecule has 1 amide bonds. The summed E-state index contributed by atoms with van der Waals surface area (Å²) in [6, 6.07) is 10.0. The molecule has 0 saturated carbocycles. The highest BCUT2D eigenvalue weighted by molar-refractivity contribution is 5.94. The van der Waals surface area contributed by atoms with Gasteiger partial charge < -0.3 is 10.1 Å². The lowest BCUT2D eigenvalue weighted by atomic mass is 10.1. The van der Waals surface area contributed by atoms with Gasteiger partial charge in [-0.3, -0.25) is 4.79 Å². The number of nitrogens with one attached hydrogen (secondary N) is 1. The number of aryl methyl sites for hydroxylation is 2. The summed E-state index contributed by atoms with van der Waals surface area (Å²) in [4.78, 5) is 12.1. The third-order valence-electron chi connectivity index (χ3n) is 3.57. The molecule has 0 aromatic heterocycles. The molecule has 0 aliphatic carbocycles. The Kier molecular flexibility index (Phi) is 4.81. The van der Waals surface area contributed by atoms with Crippen molar-refractivity contribution in [2.24, 2.45) is 0 Å². The summed E-state index contributed by atoms with van der Waals surface area (Å²) in [5.41, 5.74) is 3.33. The maximum Gasteiger partial charge on any atom is 0.265 e. The second-order valence-corrected chi connectivity index (χ2v) is 5.43. The summed E-state index contributed by atoms with van der Waals surface area (Å²) in [5, 5.41) is 2.54. The number of amides is 1. The lowest BCUT2D eigenvalue weighted by Gasteiger charge is -2.18. The van der Waals surface area contributed by atoms with Gasteiger partial charge in [-0.2, -0.15) is 0 Å². The second kappa shape index (κ2) is 6.60. The second-order valence-electron chi connectivity index (χ2n) is 5.43. The van der Waals surface area contributed by atoms with Crippen LogP contribution in [0.4, 0.5) is 10.1 Å². The fourth-order valence-electron chi connectivity index (χ4n) is 2.16. The van der Waals surface area contributed by atoms with Crippen LogP contribution in [0.2, 0.25) is 0 Å². The van der Waals surface area contributed by atoms with Crippen molar-refractivity contribution >= 4 is 11.6 Å². The van der Waals surface area contributed by atoms with E-state index in [2.05, 4.69) is 11.4 Å². The van der Waals surface area contributed by atoms with E-state index < -0.39 is 11.9 Å². The highest BCUT2D eigenvalue weighted by atomic mass is 19.1. The van der Waals surface area contributed by atoms with E-state index in [4.69, 9.17) is 4.74 Å². The maximum atomic E-state index is 13.6. The van der Waals surface area contributed by atoms with Crippen LogP contribution in [0.5, 0.6) is 5.75 Å². The van der Waals surface area contributed by atoms with Crippen LogP contribution < -0.4 is 10.1 Å². The summed E-state index contributed by atoms with van der Waals surface area (Å²) < 4.78 is 19.3. The molecule has 0 radical (unpaired) electrons. The SMILES string of the molecule is Cc1cc(C)c(C)c(O[C@H](C)C(=O)Nc2ccccc2F)c1. The first-order valence-corrected chi connectivity index (χ1v) is 7.18. The first-order chi connectivity index (χ1) is 10.4. The van der Waals surface area contributed by atoms with Crippen LogP contribution in [0, 0.1) is 26.6 Å². The molecule has 0 heterocycles. The number of anilines is 1. The van der Waals surface area contributed by atoms with Crippen LogP contribution in [-0.4, -0.2) is 12.0 Å². The number of para-hydroxylation sites is 1. The van der Waals surface area contributed by atoms with E-state index in [0.717, 1.165) is 16.7 Å². The van der Waals surface area contributed by atoms with Crippen molar-refractivity contribution in [1.29, 1.82) is 0 Å². The molecule has 0 unspecified atom stereocenters. The van der Waals surface area contributed by atoms with Gasteiger partial charge in [0.15, 0.2) is 6.10 Å². The largest absolute Gasteiger partial charge is 0.481 e. The quantitative estimate of drug-likeness (QED) is 0.921. The molecular formula is C18H20FNO2. The molecule has 116 valence electrons. The molecule has 0 saturated heterocycles. The molecule has 1 atom stereocenters. The predicted octanol–water partition coefficient (Wildman–Crippen LogP) is 4.16. The Morgan fingerprint density at radius 2 is 1.86 bits per heavy atom. The third-order valence-corrected chi connectivity index (χ3v) is 3.57. The maximum absolute atomic E-state index is 13.6. The van der Waals surface area contributed by atoms with Gasteiger partial charge in [0.1, 0.15) is 11.6 Å². The zero-order valence-corrected chi connectivity index (χ0v) is 13.2. The molecule has 22 heavy (non-hydrogen) atoms. The fraction of sp³-hybridized carbons (Fsp3) is 0.278. The van der Waals surface area contributed by atoms with Gasteiger partial charge in [-0.05, 0) is 62.6 Å². The Balaban J connectivity index is 2.11. The van der Waals surface area contributed by atoms with Crippen LogP contribution in [0.3, 0.4) is 0 Å². The van der Waals surface area contributed by atoms with Gasteiger partial charge in [0, 0.05) is 0 Å². The molecule has 1 N–H and O–H groups in total. The average Bonchev–Trinajstić information content (AvgIpc) is 2.46. The molecule has 0 bridgehead atoms. The monoisotopic (exact) mass is 301 g/mol. The number of carbonyl (C=O) groups excluding carboxylic acids is 1. The topological polar surface area (TPSA) is 38.3 Å². The van der Waals surface area contributed by atoms with Crippen LogP contribution in [0.15, 0.2) is 36.4 Å². The van der Waals surface area contributed by atoms with Gasteiger partial charge >= 0.3 is 0 Å². The van der Waals surface area contributed by atoms with Gasteiger partial charge in [-0.1, -0.05) is 18.2 Å². The number of carbonyl (C=O) groups is 1. The van der Waals surface area contributed by atoms with E-state index in [9.17, 15) is 9.18 Å². The molecule has 0 fully saturated rings. The highest BCUT2D eigenvalue weighted by Crippen LogP contribution is 2.24. The number of hydrogen-bond donors (Lipinski definition) is 1. The van der Waals surface area contributed by atoms with Crippen molar-refractivity contribution in [3.05, 3.63) is 58.9 Å². The van der Waals surface area contributed by atoms with E-state index in [0.29, 0.717) is 5.75 Å². The van der Waals surface area contributed by atoms with Gasteiger partial charge in [0.2, 0.25) is 0 Å². The lowest BCUT2D eigenvalue weighted by Crippen LogP contribution is -2.30. The van der Waals surface area contributed by atoms with Crippen molar-refractivity contribution in [2.75, 3.05) is 5.32 Å². The zero-order valence-electron chi connectivity index (χ0n) is 13.2. The summed E-state index contributed by atoms with van der Waals surface area (Å²) >= 11 is 0. The Morgan fingerprint density at radius 3 is 2.55 bits per heavy atom. The van der Waals surface area contributed by atoms with E-state index in [-0.39, 0.29) is 11.6 Å². The minimum atomic E-state index is -0.723. The normalized spacial score (nSPS) is 11.9. The Morgan fingerprint density at radius 1 is 1.18 bits per heavy atom. The van der Waals surface area contributed by atoms with Gasteiger partial charge in [-0.15, -0.1) is 0 Å². The summed E-state index contributed by atoms with van der Waals surface area (Å²) in [6.07, 6.45) is -0.723. The molecule has 0 aliphatic rings. The highest BCUT2D eigenvalue weighted by Gasteiger charge is 2.17. The number of halogens is 1.